The van der Waals surface area contributed by atoms with Crippen molar-refractivity contribution in [1.82, 2.24) is 0 Å². The summed E-state index contributed by atoms with van der Waals surface area (Å²) < 4.78 is 28.2. The van der Waals surface area contributed by atoms with E-state index in [-0.39, 0.29) is 17.3 Å². The summed E-state index contributed by atoms with van der Waals surface area (Å²) in [6, 6.07) is 0. The summed E-state index contributed by atoms with van der Waals surface area (Å²) >= 11 is 0. The maximum absolute atomic E-state index is 11.5. The smallest absolute Gasteiger partial charge is 0.150 e. The summed E-state index contributed by atoms with van der Waals surface area (Å²) in [5.41, 5.74) is 0. The van der Waals surface area contributed by atoms with Crippen LogP contribution >= 0.6 is 0 Å². The van der Waals surface area contributed by atoms with Crippen LogP contribution in [0.2, 0.25) is 0 Å². The average Bonchev–Trinajstić information content (AvgIpc) is 2.28. The van der Waals surface area contributed by atoms with Gasteiger partial charge in [-0.1, -0.05) is 6.42 Å². The number of hydrogen-bond acceptors (Lipinski definition) is 4. The molecule has 4 nitrogen and oxygen atoms in total. The highest BCUT2D eigenvalue weighted by Gasteiger charge is 2.32. The van der Waals surface area contributed by atoms with Gasteiger partial charge in [-0.05, 0) is 38.5 Å². The first-order valence-corrected chi connectivity index (χ1v) is 8.19. The largest absolute Gasteiger partial charge is 0.393 e. The third kappa shape index (κ3) is 4.56. The zero-order valence-corrected chi connectivity index (χ0v) is 11.7. The maximum Gasteiger partial charge on any atom is 0.150 e. The molecule has 0 aliphatic heterocycles. The lowest BCUT2D eigenvalue weighted by Crippen LogP contribution is -2.34. The van der Waals surface area contributed by atoms with Gasteiger partial charge in [0.05, 0.1) is 17.5 Å². The molecule has 1 rings (SSSR count). The molecule has 0 spiro atoms. The molecular weight excluding hydrogens is 240 g/mol. The van der Waals surface area contributed by atoms with Crippen molar-refractivity contribution in [1.29, 1.82) is 0 Å². The minimum Gasteiger partial charge on any atom is -0.393 e. The Morgan fingerprint density at radius 2 is 2.06 bits per heavy atom. The van der Waals surface area contributed by atoms with E-state index in [2.05, 4.69) is 0 Å². The Balaban J connectivity index is 2.54. The molecule has 0 aromatic rings. The molecule has 1 N–H and O–H groups in total. The lowest BCUT2D eigenvalue weighted by atomic mass is 9.83. The molecule has 17 heavy (non-hydrogen) atoms. The van der Waals surface area contributed by atoms with Crippen LogP contribution in [0.4, 0.5) is 0 Å². The van der Waals surface area contributed by atoms with Gasteiger partial charge in [-0.2, -0.15) is 0 Å². The van der Waals surface area contributed by atoms with Gasteiger partial charge in [0, 0.05) is 13.4 Å². The molecule has 0 bridgehead atoms. The van der Waals surface area contributed by atoms with E-state index in [1.807, 2.05) is 6.92 Å². The van der Waals surface area contributed by atoms with Crippen molar-refractivity contribution in [3.63, 3.8) is 0 Å². The molecule has 4 unspecified atom stereocenters. The summed E-state index contributed by atoms with van der Waals surface area (Å²) in [7, 11) is -1.35. The van der Waals surface area contributed by atoms with Crippen LogP contribution in [-0.2, 0) is 14.6 Å². The SMILES string of the molecule is COC(C)CC(O)C1CCCC(S(C)(=O)=O)C1. The molecule has 0 radical (unpaired) electrons. The van der Waals surface area contributed by atoms with Gasteiger partial charge in [0.1, 0.15) is 9.84 Å². The molecule has 1 aliphatic rings. The fourth-order valence-corrected chi connectivity index (χ4v) is 3.74. The Kier molecular flexibility index (Phi) is 5.41. The molecule has 0 aromatic carbocycles. The third-order valence-electron chi connectivity index (χ3n) is 3.79. The average molecular weight is 264 g/mol. The fraction of sp³-hybridized carbons (Fsp3) is 1.00. The van der Waals surface area contributed by atoms with Gasteiger partial charge in [-0.25, -0.2) is 8.42 Å². The lowest BCUT2D eigenvalue weighted by Gasteiger charge is -2.32. The van der Waals surface area contributed by atoms with Gasteiger partial charge in [-0.15, -0.1) is 0 Å². The van der Waals surface area contributed by atoms with Crippen molar-refractivity contribution in [3.8, 4) is 0 Å². The van der Waals surface area contributed by atoms with Crippen molar-refractivity contribution in [2.24, 2.45) is 5.92 Å². The number of sulfone groups is 1. The fourth-order valence-electron chi connectivity index (χ4n) is 2.55. The van der Waals surface area contributed by atoms with Gasteiger partial charge in [-0.3, -0.25) is 0 Å². The number of methoxy groups -OCH3 is 1. The predicted octanol–water partition coefficient (Wildman–Crippen LogP) is 1.38. The highest BCUT2D eigenvalue weighted by molar-refractivity contribution is 7.91. The number of aliphatic hydroxyl groups is 1. The first kappa shape index (κ1) is 14.9. The van der Waals surface area contributed by atoms with Gasteiger partial charge in [0.15, 0.2) is 0 Å². The minimum absolute atomic E-state index is 0.0172. The van der Waals surface area contributed by atoms with Crippen LogP contribution < -0.4 is 0 Å². The van der Waals surface area contributed by atoms with Crippen LogP contribution in [0.1, 0.15) is 39.0 Å². The second-order valence-electron chi connectivity index (χ2n) is 5.23. The van der Waals surface area contributed by atoms with Crippen molar-refractivity contribution in [3.05, 3.63) is 0 Å². The zero-order chi connectivity index (χ0) is 13.1. The molecule has 102 valence electrons. The monoisotopic (exact) mass is 264 g/mol. The van der Waals surface area contributed by atoms with E-state index in [0.29, 0.717) is 12.8 Å². The Hall–Kier alpha value is -0.130. The molecule has 0 saturated heterocycles. The summed E-state index contributed by atoms with van der Waals surface area (Å²) in [4.78, 5) is 0. The number of hydrogen-bond donors (Lipinski definition) is 1. The second kappa shape index (κ2) is 6.16. The molecule has 5 heteroatoms. The van der Waals surface area contributed by atoms with E-state index in [4.69, 9.17) is 4.74 Å². The highest BCUT2D eigenvalue weighted by atomic mass is 32.2. The quantitative estimate of drug-likeness (QED) is 0.814. The second-order valence-corrected chi connectivity index (χ2v) is 7.55. The lowest BCUT2D eigenvalue weighted by molar-refractivity contribution is 0.0191. The van der Waals surface area contributed by atoms with Crippen LogP contribution in [0.5, 0.6) is 0 Å². The Morgan fingerprint density at radius 3 is 2.59 bits per heavy atom. The van der Waals surface area contributed by atoms with Crippen LogP contribution in [0.25, 0.3) is 0 Å². The third-order valence-corrected chi connectivity index (χ3v) is 5.43. The maximum atomic E-state index is 11.5. The molecule has 0 amide bonds. The summed E-state index contributed by atoms with van der Waals surface area (Å²) in [6.45, 7) is 1.92. The number of rotatable bonds is 5. The van der Waals surface area contributed by atoms with Gasteiger partial charge in [0.25, 0.3) is 0 Å². The molecule has 0 heterocycles. The standard InChI is InChI=1S/C12H24O4S/c1-9(16-2)7-12(13)10-5-4-6-11(8-10)17(3,14)15/h9-13H,4-8H2,1-3H3. The van der Waals surface area contributed by atoms with Crippen LogP contribution in [-0.4, -0.2) is 44.3 Å². The molecule has 1 fully saturated rings. The van der Waals surface area contributed by atoms with E-state index in [0.717, 1.165) is 19.3 Å². The molecule has 4 atom stereocenters. The van der Waals surface area contributed by atoms with Crippen LogP contribution in [0, 0.1) is 5.92 Å². The van der Waals surface area contributed by atoms with Crippen LogP contribution in [0.3, 0.4) is 0 Å². The number of ether oxygens (including phenoxy) is 1. The molecule has 1 aliphatic carbocycles. The van der Waals surface area contributed by atoms with Gasteiger partial charge < -0.3 is 9.84 Å². The Labute approximate surface area is 104 Å². The van der Waals surface area contributed by atoms with Gasteiger partial charge in [0.2, 0.25) is 0 Å². The van der Waals surface area contributed by atoms with Crippen molar-refractivity contribution < 1.29 is 18.3 Å². The molecule has 0 aromatic heterocycles. The van der Waals surface area contributed by atoms with E-state index >= 15 is 0 Å². The highest BCUT2D eigenvalue weighted by Crippen LogP contribution is 2.32. The minimum atomic E-state index is -2.97. The number of aliphatic hydroxyl groups excluding tert-OH is 1. The Bertz CT molecular complexity index is 325. The first-order chi connectivity index (χ1) is 7.84. The molecule has 1 saturated carbocycles. The van der Waals surface area contributed by atoms with Gasteiger partial charge >= 0.3 is 0 Å². The van der Waals surface area contributed by atoms with E-state index in [1.54, 1.807) is 7.11 Å². The summed E-state index contributed by atoms with van der Waals surface area (Å²) in [5, 5.41) is 9.81. The zero-order valence-electron chi connectivity index (χ0n) is 10.9. The predicted molar refractivity (Wildman–Crippen MR) is 67.7 cm³/mol. The van der Waals surface area contributed by atoms with Crippen molar-refractivity contribution >= 4 is 9.84 Å². The molecular formula is C12H24O4S. The van der Waals surface area contributed by atoms with E-state index < -0.39 is 15.9 Å². The first-order valence-electron chi connectivity index (χ1n) is 6.24. The van der Waals surface area contributed by atoms with Crippen molar-refractivity contribution in [2.75, 3.05) is 13.4 Å². The summed E-state index contributed by atoms with van der Waals surface area (Å²) in [5.74, 6) is 0.0982. The normalized spacial score (nSPS) is 29.9. The van der Waals surface area contributed by atoms with Crippen molar-refractivity contribution in [2.45, 2.75) is 56.5 Å². The van der Waals surface area contributed by atoms with E-state index in [9.17, 15) is 13.5 Å². The Morgan fingerprint density at radius 1 is 1.41 bits per heavy atom. The topological polar surface area (TPSA) is 63.6 Å². The van der Waals surface area contributed by atoms with E-state index in [1.165, 1.54) is 6.26 Å². The van der Waals surface area contributed by atoms with Crippen LogP contribution in [0.15, 0.2) is 0 Å². The summed E-state index contributed by atoms with van der Waals surface area (Å²) in [6.07, 6.45) is 4.59.